The summed E-state index contributed by atoms with van der Waals surface area (Å²) in [5, 5.41) is 4.43. The predicted octanol–water partition coefficient (Wildman–Crippen LogP) is 3.56. The maximum absolute atomic E-state index is 5.98. The third-order valence-corrected chi connectivity index (χ3v) is 7.28. The number of halogens is 2. The van der Waals surface area contributed by atoms with Crippen LogP contribution in [0, 0.1) is 0 Å². The summed E-state index contributed by atoms with van der Waals surface area (Å²) in [5.41, 5.74) is 1.32. The van der Waals surface area contributed by atoms with E-state index in [1.54, 1.807) is 0 Å². The van der Waals surface area contributed by atoms with Crippen molar-refractivity contribution < 1.29 is 4.74 Å². The first kappa shape index (κ1) is 24.1. The van der Waals surface area contributed by atoms with E-state index in [2.05, 4.69) is 38.5 Å². The van der Waals surface area contributed by atoms with Crippen LogP contribution in [0.25, 0.3) is 0 Å². The Morgan fingerprint density at radius 1 is 1.18 bits per heavy atom. The Hall–Kier alpha value is -0.220. The molecular formula is C20H32ClIN4OS. The van der Waals surface area contributed by atoms with Crippen molar-refractivity contribution in [3.8, 4) is 0 Å². The minimum absolute atomic E-state index is 0. The van der Waals surface area contributed by atoms with Crippen LogP contribution < -0.4 is 5.32 Å². The molecule has 1 N–H and O–H groups in total. The highest BCUT2D eigenvalue weighted by Crippen LogP contribution is 2.33. The van der Waals surface area contributed by atoms with Crippen molar-refractivity contribution in [2.24, 2.45) is 4.99 Å². The topological polar surface area (TPSA) is 40.1 Å². The Kier molecular flexibility index (Phi) is 10.2. The van der Waals surface area contributed by atoms with E-state index in [-0.39, 0.29) is 28.7 Å². The van der Waals surface area contributed by atoms with Gasteiger partial charge in [-0.25, -0.2) is 0 Å². The Labute approximate surface area is 195 Å². The number of aliphatic imine (C=N–C) groups is 1. The number of piperazine rings is 1. The molecule has 3 rings (SSSR count). The summed E-state index contributed by atoms with van der Waals surface area (Å²) in [6.07, 6.45) is 4.42. The minimum Gasteiger partial charge on any atom is -0.381 e. The van der Waals surface area contributed by atoms with Crippen molar-refractivity contribution in [2.75, 3.05) is 59.2 Å². The van der Waals surface area contributed by atoms with E-state index in [0.717, 1.165) is 76.3 Å². The zero-order valence-electron chi connectivity index (χ0n) is 16.8. The Morgan fingerprint density at radius 3 is 2.39 bits per heavy atom. The molecule has 2 aliphatic rings. The van der Waals surface area contributed by atoms with E-state index >= 15 is 0 Å². The van der Waals surface area contributed by atoms with E-state index in [1.807, 2.05) is 30.9 Å². The van der Waals surface area contributed by atoms with Crippen LogP contribution in [-0.4, -0.2) is 79.7 Å². The first-order chi connectivity index (χ1) is 13.1. The van der Waals surface area contributed by atoms with E-state index in [1.165, 1.54) is 5.56 Å². The number of benzene rings is 1. The first-order valence-electron chi connectivity index (χ1n) is 9.69. The fourth-order valence-electron chi connectivity index (χ4n) is 3.73. The average Bonchev–Trinajstić information content (AvgIpc) is 2.72. The standard InChI is InChI=1S/C20H31ClN4OS.HI/c1-22-19(23-16-20(27-2)7-13-26-14-8-20)25-11-9-24(10-12-25)15-17-3-5-18(21)6-4-17;/h3-6H,7-16H2,1-2H3,(H,22,23);1H. The maximum Gasteiger partial charge on any atom is 0.193 e. The summed E-state index contributed by atoms with van der Waals surface area (Å²) < 4.78 is 5.82. The number of hydrogen-bond acceptors (Lipinski definition) is 4. The summed E-state index contributed by atoms with van der Waals surface area (Å²) in [6, 6.07) is 8.17. The van der Waals surface area contributed by atoms with Crippen LogP contribution in [0.2, 0.25) is 5.02 Å². The summed E-state index contributed by atoms with van der Waals surface area (Å²) in [5.74, 6) is 1.03. The van der Waals surface area contributed by atoms with Crippen LogP contribution >= 0.6 is 47.3 Å². The lowest BCUT2D eigenvalue weighted by molar-refractivity contribution is 0.0779. The highest BCUT2D eigenvalue weighted by molar-refractivity contribution is 14.0. The zero-order chi connectivity index (χ0) is 19.1. The van der Waals surface area contributed by atoms with Crippen molar-refractivity contribution in [3.63, 3.8) is 0 Å². The monoisotopic (exact) mass is 538 g/mol. The largest absolute Gasteiger partial charge is 0.381 e. The second-order valence-corrected chi connectivity index (χ2v) is 9.00. The normalized spacial score (nSPS) is 20.5. The Balaban J connectivity index is 0.00000280. The molecule has 1 aromatic carbocycles. The van der Waals surface area contributed by atoms with Crippen LogP contribution in [0.15, 0.2) is 29.3 Å². The molecule has 0 spiro atoms. The lowest BCUT2D eigenvalue weighted by Gasteiger charge is -2.39. The van der Waals surface area contributed by atoms with Gasteiger partial charge in [-0.3, -0.25) is 9.89 Å². The van der Waals surface area contributed by atoms with Gasteiger partial charge in [-0.2, -0.15) is 11.8 Å². The van der Waals surface area contributed by atoms with Crippen molar-refractivity contribution in [2.45, 2.75) is 24.1 Å². The molecule has 2 saturated heterocycles. The molecule has 0 bridgehead atoms. The number of hydrogen-bond donors (Lipinski definition) is 1. The molecule has 0 unspecified atom stereocenters. The van der Waals surface area contributed by atoms with Gasteiger partial charge in [0.25, 0.3) is 0 Å². The van der Waals surface area contributed by atoms with Gasteiger partial charge in [-0.05, 0) is 36.8 Å². The van der Waals surface area contributed by atoms with Gasteiger partial charge >= 0.3 is 0 Å². The summed E-state index contributed by atoms with van der Waals surface area (Å²) in [6.45, 7) is 7.76. The summed E-state index contributed by atoms with van der Waals surface area (Å²) >= 11 is 7.94. The molecule has 0 aliphatic carbocycles. The highest BCUT2D eigenvalue weighted by atomic mass is 127. The molecule has 1 aromatic rings. The number of ether oxygens (including phenoxy) is 1. The molecule has 158 valence electrons. The molecule has 2 heterocycles. The van der Waals surface area contributed by atoms with Gasteiger partial charge in [0, 0.05) is 69.3 Å². The van der Waals surface area contributed by atoms with Gasteiger partial charge in [0.15, 0.2) is 5.96 Å². The molecule has 0 radical (unpaired) electrons. The molecular weight excluding hydrogens is 507 g/mol. The first-order valence-corrected chi connectivity index (χ1v) is 11.3. The van der Waals surface area contributed by atoms with Crippen LogP contribution in [0.1, 0.15) is 18.4 Å². The molecule has 0 atom stereocenters. The van der Waals surface area contributed by atoms with Gasteiger partial charge in [0.2, 0.25) is 0 Å². The predicted molar refractivity (Wildman–Crippen MR) is 131 cm³/mol. The lowest BCUT2D eigenvalue weighted by atomic mass is 9.99. The average molecular weight is 539 g/mol. The SMILES string of the molecule is CN=C(NCC1(SC)CCOCC1)N1CCN(Cc2ccc(Cl)cc2)CC1.I. The van der Waals surface area contributed by atoms with Gasteiger partial charge in [-0.15, -0.1) is 24.0 Å². The molecule has 0 aromatic heterocycles. The molecule has 2 fully saturated rings. The summed E-state index contributed by atoms with van der Waals surface area (Å²) in [4.78, 5) is 9.41. The Morgan fingerprint density at radius 2 is 1.82 bits per heavy atom. The minimum atomic E-state index is 0. The fraction of sp³-hybridized carbons (Fsp3) is 0.650. The van der Waals surface area contributed by atoms with E-state index < -0.39 is 0 Å². The third kappa shape index (κ3) is 6.65. The van der Waals surface area contributed by atoms with Crippen LogP contribution in [0.5, 0.6) is 0 Å². The van der Waals surface area contributed by atoms with Crippen molar-refractivity contribution in [1.29, 1.82) is 0 Å². The number of guanidine groups is 1. The maximum atomic E-state index is 5.98. The second kappa shape index (κ2) is 11.8. The van der Waals surface area contributed by atoms with E-state index in [4.69, 9.17) is 16.3 Å². The van der Waals surface area contributed by atoms with Gasteiger partial charge in [0.05, 0.1) is 0 Å². The number of rotatable bonds is 5. The van der Waals surface area contributed by atoms with E-state index in [0.29, 0.717) is 0 Å². The van der Waals surface area contributed by atoms with Crippen LogP contribution in [0.4, 0.5) is 0 Å². The number of nitrogens with zero attached hydrogens (tertiary/aromatic N) is 3. The number of nitrogens with one attached hydrogen (secondary N) is 1. The van der Waals surface area contributed by atoms with Crippen molar-refractivity contribution >= 4 is 53.3 Å². The highest BCUT2D eigenvalue weighted by Gasteiger charge is 2.32. The molecule has 5 nitrogen and oxygen atoms in total. The molecule has 8 heteroatoms. The molecule has 0 amide bonds. The quantitative estimate of drug-likeness (QED) is 0.353. The molecule has 28 heavy (non-hydrogen) atoms. The fourth-order valence-corrected chi connectivity index (χ4v) is 4.65. The molecule has 2 aliphatic heterocycles. The van der Waals surface area contributed by atoms with Crippen molar-refractivity contribution in [3.05, 3.63) is 34.9 Å². The van der Waals surface area contributed by atoms with Crippen molar-refractivity contribution in [1.82, 2.24) is 15.1 Å². The summed E-state index contributed by atoms with van der Waals surface area (Å²) in [7, 11) is 1.89. The van der Waals surface area contributed by atoms with Gasteiger partial charge in [0.1, 0.15) is 0 Å². The van der Waals surface area contributed by atoms with Crippen LogP contribution in [0.3, 0.4) is 0 Å². The van der Waals surface area contributed by atoms with E-state index in [9.17, 15) is 0 Å². The second-order valence-electron chi connectivity index (χ2n) is 7.29. The lowest BCUT2D eigenvalue weighted by Crippen LogP contribution is -2.54. The third-order valence-electron chi connectivity index (χ3n) is 5.61. The van der Waals surface area contributed by atoms with Gasteiger partial charge < -0.3 is 15.0 Å². The van der Waals surface area contributed by atoms with Gasteiger partial charge in [-0.1, -0.05) is 23.7 Å². The number of thioether (sulfide) groups is 1. The molecule has 0 saturated carbocycles. The zero-order valence-corrected chi connectivity index (χ0v) is 20.7. The Bertz CT molecular complexity index is 617. The van der Waals surface area contributed by atoms with Crippen LogP contribution in [-0.2, 0) is 11.3 Å². The smallest absolute Gasteiger partial charge is 0.193 e.